The summed E-state index contributed by atoms with van der Waals surface area (Å²) < 4.78 is 12.6. The first-order chi connectivity index (χ1) is 7.34. The van der Waals surface area contributed by atoms with Crippen molar-refractivity contribution in [2.75, 3.05) is 6.54 Å². The molecule has 1 N–H and O–H groups in total. The van der Waals surface area contributed by atoms with Crippen LogP contribution in [0.25, 0.3) is 0 Å². The van der Waals surface area contributed by atoms with Gasteiger partial charge in [-0.05, 0) is 43.5 Å². The summed E-state index contributed by atoms with van der Waals surface area (Å²) in [6.07, 6.45) is 6.38. The Balaban J connectivity index is 1.71. The lowest BCUT2D eigenvalue weighted by atomic mass is 10.1. The molecule has 0 aromatic heterocycles. The molecule has 1 saturated carbocycles. The number of halogens is 1. The van der Waals surface area contributed by atoms with Gasteiger partial charge in [0.05, 0.1) is 0 Å². The molecule has 0 atom stereocenters. The molecule has 1 nitrogen and oxygen atoms in total. The first-order valence-electron chi connectivity index (χ1n) is 5.82. The largest absolute Gasteiger partial charge is 0.314 e. The van der Waals surface area contributed by atoms with Crippen LogP contribution < -0.4 is 5.32 Å². The van der Waals surface area contributed by atoms with Crippen LogP contribution in [0.5, 0.6) is 0 Å². The summed E-state index contributed by atoms with van der Waals surface area (Å²) in [6.45, 7) is 1.01. The molecular formula is C13H18FN. The Hall–Kier alpha value is -0.890. The fourth-order valence-corrected chi connectivity index (χ4v) is 2.20. The molecular weight excluding hydrogens is 189 g/mol. The van der Waals surface area contributed by atoms with E-state index < -0.39 is 0 Å². The van der Waals surface area contributed by atoms with Crippen molar-refractivity contribution in [3.8, 4) is 0 Å². The van der Waals surface area contributed by atoms with Crippen molar-refractivity contribution in [1.82, 2.24) is 5.32 Å². The van der Waals surface area contributed by atoms with Crippen LogP contribution in [0.4, 0.5) is 4.39 Å². The van der Waals surface area contributed by atoms with E-state index in [0.717, 1.165) is 19.0 Å². The van der Waals surface area contributed by atoms with Crippen molar-refractivity contribution >= 4 is 0 Å². The zero-order chi connectivity index (χ0) is 10.5. The maximum Gasteiger partial charge on any atom is 0.123 e. The zero-order valence-corrected chi connectivity index (χ0v) is 9.01. The summed E-state index contributed by atoms with van der Waals surface area (Å²) >= 11 is 0. The predicted octanol–water partition coefficient (Wildman–Crippen LogP) is 2.90. The highest BCUT2D eigenvalue weighted by atomic mass is 19.1. The van der Waals surface area contributed by atoms with Crippen molar-refractivity contribution in [3.63, 3.8) is 0 Å². The van der Waals surface area contributed by atoms with E-state index >= 15 is 0 Å². The number of benzene rings is 1. The van der Waals surface area contributed by atoms with Crippen molar-refractivity contribution in [1.29, 1.82) is 0 Å². The van der Waals surface area contributed by atoms with Crippen molar-refractivity contribution in [2.45, 2.75) is 38.1 Å². The first kappa shape index (κ1) is 10.6. The highest BCUT2D eigenvalue weighted by Crippen LogP contribution is 2.17. The van der Waals surface area contributed by atoms with E-state index in [1.54, 1.807) is 0 Å². The lowest BCUT2D eigenvalue weighted by Gasteiger charge is -2.11. The van der Waals surface area contributed by atoms with Gasteiger partial charge < -0.3 is 5.32 Å². The minimum atomic E-state index is -0.150. The summed E-state index contributed by atoms with van der Waals surface area (Å²) in [5, 5.41) is 3.55. The molecule has 0 amide bonds. The molecule has 1 fully saturated rings. The Bertz CT molecular complexity index is 288. The highest BCUT2D eigenvalue weighted by molar-refractivity contribution is 5.16. The van der Waals surface area contributed by atoms with Gasteiger partial charge in [-0.25, -0.2) is 4.39 Å². The molecule has 2 heteroatoms. The molecule has 0 unspecified atom stereocenters. The van der Waals surface area contributed by atoms with Gasteiger partial charge in [-0.3, -0.25) is 0 Å². The van der Waals surface area contributed by atoms with E-state index in [9.17, 15) is 4.39 Å². The third kappa shape index (κ3) is 3.31. The Labute approximate surface area is 90.7 Å². The van der Waals surface area contributed by atoms with E-state index in [4.69, 9.17) is 0 Å². The lowest BCUT2D eigenvalue weighted by molar-refractivity contribution is 0.527. The average Bonchev–Trinajstić information content (AvgIpc) is 2.74. The number of hydrogen-bond donors (Lipinski definition) is 1. The van der Waals surface area contributed by atoms with Gasteiger partial charge in [0.1, 0.15) is 5.82 Å². The van der Waals surface area contributed by atoms with Crippen LogP contribution in [0, 0.1) is 5.82 Å². The van der Waals surface area contributed by atoms with Gasteiger partial charge in [0, 0.05) is 6.04 Å². The molecule has 0 heterocycles. The average molecular weight is 207 g/mol. The van der Waals surface area contributed by atoms with Crippen LogP contribution >= 0.6 is 0 Å². The fraction of sp³-hybridized carbons (Fsp3) is 0.538. The van der Waals surface area contributed by atoms with Gasteiger partial charge in [-0.15, -0.1) is 0 Å². The van der Waals surface area contributed by atoms with E-state index in [1.165, 1.54) is 43.4 Å². The summed E-state index contributed by atoms with van der Waals surface area (Å²) in [4.78, 5) is 0. The molecule has 1 aromatic carbocycles. The molecule has 1 aromatic rings. The van der Waals surface area contributed by atoms with Crippen molar-refractivity contribution in [3.05, 3.63) is 35.6 Å². The second-order valence-electron chi connectivity index (χ2n) is 4.31. The smallest absolute Gasteiger partial charge is 0.123 e. The third-order valence-electron chi connectivity index (χ3n) is 3.12. The number of rotatable bonds is 4. The van der Waals surface area contributed by atoms with Gasteiger partial charge in [-0.1, -0.05) is 25.0 Å². The van der Waals surface area contributed by atoms with Gasteiger partial charge in [0.15, 0.2) is 0 Å². The van der Waals surface area contributed by atoms with Gasteiger partial charge in [-0.2, -0.15) is 0 Å². The SMILES string of the molecule is Fc1ccc(CCNC2CCCC2)cc1. The standard InChI is InChI=1S/C13H18FN/c14-12-7-5-11(6-8-12)9-10-15-13-3-1-2-4-13/h5-8,13,15H,1-4,9-10H2. The van der Waals surface area contributed by atoms with Crippen LogP contribution in [-0.4, -0.2) is 12.6 Å². The van der Waals surface area contributed by atoms with Crippen LogP contribution in [0.2, 0.25) is 0 Å². The minimum Gasteiger partial charge on any atom is -0.314 e. The third-order valence-corrected chi connectivity index (χ3v) is 3.12. The van der Waals surface area contributed by atoms with Gasteiger partial charge in [0.2, 0.25) is 0 Å². The Morgan fingerprint density at radius 1 is 1.13 bits per heavy atom. The molecule has 0 bridgehead atoms. The second-order valence-corrected chi connectivity index (χ2v) is 4.31. The van der Waals surface area contributed by atoms with E-state index in [1.807, 2.05) is 12.1 Å². The van der Waals surface area contributed by atoms with Crippen LogP contribution in [0.3, 0.4) is 0 Å². The number of nitrogens with one attached hydrogen (secondary N) is 1. The lowest BCUT2D eigenvalue weighted by Crippen LogP contribution is -2.27. The van der Waals surface area contributed by atoms with Crippen LogP contribution in [0.15, 0.2) is 24.3 Å². The summed E-state index contributed by atoms with van der Waals surface area (Å²) in [5.41, 5.74) is 1.21. The van der Waals surface area contributed by atoms with E-state index in [2.05, 4.69) is 5.32 Å². The molecule has 0 radical (unpaired) electrons. The predicted molar refractivity (Wildman–Crippen MR) is 60.4 cm³/mol. The molecule has 0 spiro atoms. The van der Waals surface area contributed by atoms with E-state index in [0.29, 0.717) is 0 Å². The van der Waals surface area contributed by atoms with Gasteiger partial charge in [0.25, 0.3) is 0 Å². The fourth-order valence-electron chi connectivity index (χ4n) is 2.20. The molecule has 0 aliphatic heterocycles. The maximum absolute atomic E-state index is 12.6. The summed E-state index contributed by atoms with van der Waals surface area (Å²) in [7, 11) is 0. The molecule has 82 valence electrons. The zero-order valence-electron chi connectivity index (χ0n) is 9.01. The van der Waals surface area contributed by atoms with Crippen LogP contribution in [-0.2, 0) is 6.42 Å². The van der Waals surface area contributed by atoms with E-state index in [-0.39, 0.29) is 5.82 Å². The van der Waals surface area contributed by atoms with Crippen molar-refractivity contribution < 1.29 is 4.39 Å². The Morgan fingerprint density at radius 3 is 2.47 bits per heavy atom. The number of hydrogen-bond acceptors (Lipinski definition) is 1. The molecule has 2 rings (SSSR count). The topological polar surface area (TPSA) is 12.0 Å². The van der Waals surface area contributed by atoms with Crippen LogP contribution in [0.1, 0.15) is 31.2 Å². The Kier molecular flexibility index (Phi) is 3.73. The summed E-state index contributed by atoms with van der Waals surface area (Å²) in [5.74, 6) is -0.150. The summed E-state index contributed by atoms with van der Waals surface area (Å²) in [6, 6.07) is 7.53. The Morgan fingerprint density at radius 2 is 1.80 bits per heavy atom. The quantitative estimate of drug-likeness (QED) is 0.800. The molecule has 0 saturated heterocycles. The molecule has 1 aliphatic carbocycles. The normalized spacial score (nSPS) is 17.1. The van der Waals surface area contributed by atoms with Gasteiger partial charge >= 0.3 is 0 Å². The minimum absolute atomic E-state index is 0.150. The first-order valence-corrected chi connectivity index (χ1v) is 5.82. The monoisotopic (exact) mass is 207 g/mol. The molecule has 15 heavy (non-hydrogen) atoms. The van der Waals surface area contributed by atoms with Crippen molar-refractivity contribution in [2.24, 2.45) is 0 Å². The molecule has 1 aliphatic rings. The maximum atomic E-state index is 12.6. The highest BCUT2D eigenvalue weighted by Gasteiger charge is 2.13. The second kappa shape index (κ2) is 5.26.